The first-order chi connectivity index (χ1) is 12.5. The quantitative estimate of drug-likeness (QED) is 0.218. The number of nitrogens with two attached hydrogens (primary N) is 1. The molecule has 152 valence electrons. The lowest BCUT2D eigenvalue weighted by atomic mass is 10.1. The Balaban J connectivity index is 0.00000364. The molecule has 4 N–H and O–H groups in total. The summed E-state index contributed by atoms with van der Waals surface area (Å²) in [4.78, 5) is 17.4. The van der Waals surface area contributed by atoms with E-state index < -0.39 is 0 Å². The number of nitrogens with one attached hydrogen (secondary N) is 2. The molecule has 2 rings (SSSR count). The summed E-state index contributed by atoms with van der Waals surface area (Å²) < 4.78 is 14.6. The molecule has 0 saturated carbocycles. The van der Waals surface area contributed by atoms with Crippen molar-refractivity contribution in [3.05, 3.63) is 34.1 Å². The number of aryl methyl sites for hydroxylation is 1. The lowest BCUT2D eigenvalue weighted by Gasteiger charge is -2.32. The molecule has 2 amide bonds. The normalized spacial score (nSPS) is 15.2. The van der Waals surface area contributed by atoms with Gasteiger partial charge in [-0.15, -0.1) is 24.0 Å². The molecule has 1 aliphatic heterocycles. The topological polar surface area (TPSA) is 82.8 Å². The Hall–Kier alpha value is -1.10. The van der Waals surface area contributed by atoms with Gasteiger partial charge in [0.2, 0.25) is 0 Å². The van der Waals surface area contributed by atoms with Gasteiger partial charge in [-0.1, -0.05) is 22.0 Å². The van der Waals surface area contributed by atoms with Crippen molar-refractivity contribution in [2.24, 2.45) is 10.7 Å². The van der Waals surface area contributed by atoms with Crippen molar-refractivity contribution in [2.45, 2.75) is 38.6 Å². The molecular weight excluding hydrogens is 528 g/mol. The highest BCUT2D eigenvalue weighted by Gasteiger charge is 2.21. The van der Waals surface area contributed by atoms with E-state index in [0.29, 0.717) is 31.6 Å². The Morgan fingerprint density at radius 2 is 2.11 bits per heavy atom. The zero-order valence-corrected chi connectivity index (χ0v) is 19.4. The van der Waals surface area contributed by atoms with Gasteiger partial charge in [0, 0.05) is 36.7 Å². The number of rotatable bonds is 6. The molecule has 1 saturated heterocycles. The van der Waals surface area contributed by atoms with Crippen molar-refractivity contribution in [2.75, 3.05) is 26.2 Å². The van der Waals surface area contributed by atoms with Crippen molar-refractivity contribution < 1.29 is 9.18 Å². The maximum absolute atomic E-state index is 13.8. The van der Waals surface area contributed by atoms with Gasteiger partial charge in [0.15, 0.2) is 5.96 Å². The summed E-state index contributed by atoms with van der Waals surface area (Å²) in [5.41, 5.74) is 6.02. The molecule has 0 aromatic heterocycles. The van der Waals surface area contributed by atoms with Crippen molar-refractivity contribution in [3.63, 3.8) is 0 Å². The lowest BCUT2D eigenvalue weighted by Crippen LogP contribution is -2.50. The van der Waals surface area contributed by atoms with Crippen molar-refractivity contribution in [1.29, 1.82) is 0 Å². The second kappa shape index (κ2) is 12.4. The van der Waals surface area contributed by atoms with Gasteiger partial charge < -0.3 is 21.3 Å². The maximum atomic E-state index is 13.8. The molecule has 0 bridgehead atoms. The molecule has 1 aliphatic rings. The van der Waals surface area contributed by atoms with Crippen LogP contribution >= 0.6 is 39.9 Å². The summed E-state index contributed by atoms with van der Waals surface area (Å²) in [5.74, 6) is 0.580. The zero-order chi connectivity index (χ0) is 18.9. The predicted octanol–water partition coefficient (Wildman–Crippen LogP) is 3.24. The number of hydrogen-bond donors (Lipinski definition) is 3. The number of guanidine groups is 1. The van der Waals surface area contributed by atoms with E-state index in [2.05, 4.69) is 31.6 Å². The van der Waals surface area contributed by atoms with E-state index in [1.54, 1.807) is 11.0 Å². The number of amides is 2. The molecule has 1 fully saturated rings. The summed E-state index contributed by atoms with van der Waals surface area (Å²) in [5, 5.41) is 6.65. The van der Waals surface area contributed by atoms with Crippen LogP contribution in [0.5, 0.6) is 0 Å². The number of likely N-dealkylation sites (tertiary alicyclic amines) is 1. The van der Waals surface area contributed by atoms with E-state index in [9.17, 15) is 9.18 Å². The minimum atomic E-state index is -0.357. The molecule has 6 nitrogen and oxygen atoms in total. The van der Waals surface area contributed by atoms with Gasteiger partial charge in [0.1, 0.15) is 5.82 Å². The predicted molar refractivity (Wildman–Crippen MR) is 121 cm³/mol. The second-order valence-corrected chi connectivity index (χ2v) is 7.26. The van der Waals surface area contributed by atoms with Gasteiger partial charge in [-0.25, -0.2) is 9.18 Å². The summed E-state index contributed by atoms with van der Waals surface area (Å²) in [6.45, 7) is 4.73. The number of hydrogen-bond acceptors (Lipinski definition) is 2. The van der Waals surface area contributed by atoms with Crippen molar-refractivity contribution in [1.82, 2.24) is 15.5 Å². The fourth-order valence-corrected chi connectivity index (χ4v) is 3.28. The molecule has 27 heavy (non-hydrogen) atoms. The molecule has 0 spiro atoms. The first-order valence-electron chi connectivity index (χ1n) is 9.02. The van der Waals surface area contributed by atoms with Gasteiger partial charge in [-0.2, -0.15) is 0 Å². The Bertz CT molecular complexity index is 638. The number of primary amides is 1. The second-order valence-electron chi connectivity index (χ2n) is 6.34. The van der Waals surface area contributed by atoms with Crippen LogP contribution in [0.1, 0.15) is 31.7 Å². The number of carbonyl (C=O) groups excluding carboxylic acids is 1. The highest BCUT2D eigenvalue weighted by molar-refractivity contribution is 14.0. The van der Waals surface area contributed by atoms with Gasteiger partial charge >= 0.3 is 6.03 Å². The molecule has 9 heteroatoms. The van der Waals surface area contributed by atoms with E-state index in [1.807, 2.05) is 13.0 Å². The summed E-state index contributed by atoms with van der Waals surface area (Å²) in [6.07, 6.45) is 3.11. The first-order valence-corrected chi connectivity index (χ1v) is 9.82. The van der Waals surface area contributed by atoms with Gasteiger partial charge in [-0.3, -0.25) is 4.99 Å². The third-order valence-electron chi connectivity index (χ3n) is 4.38. The minimum absolute atomic E-state index is 0. The Kier molecular flexibility index (Phi) is 11.0. The van der Waals surface area contributed by atoms with Crippen LogP contribution in [-0.2, 0) is 6.42 Å². The Morgan fingerprint density at radius 3 is 2.70 bits per heavy atom. The molecule has 1 aromatic rings. The lowest BCUT2D eigenvalue weighted by molar-refractivity contribution is 0.188. The Labute approximate surface area is 185 Å². The van der Waals surface area contributed by atoms with Crippen LogP contribution in [0.2, 0.25) is 0 Å². The standard InChI is InChI=1S/C18H27BrFN5O.HI/c1-2-22-18(24-15-7-10-25(11-8-15)17(21)26)23-9-3-4-13-5-6-14(19)12-16(13)20;/h5-6,12,15H,2-4,7-11H2,1H3,(H2,21,26)(H2,22,23,24);1H. The number of urea groups is 1. The van der Waals surface area contributed by atoms with Gasteiger partial charge in [0.05, 0.1) is 0 Å². The van der Waals surface area contributed by atoms with Gasteiger partial charge in [-0.05, 0) is 50.3 Å². The Morgan fingerprint density at radius 1 is 1.41 bits per heavy atom. The van der Waals surface area contributed by atoms with Crippen molar-refractivity contribution >= 4 is 51.9 Å². The fourth-order valence-electron chi connectivity index (χ4n) is 2.94. The fraction of sp³-hybridized carbons (Fsp3) is 0.556. The van der Waals surface area contributed by atoms with E-state index in [1.165, 1.54) is 6.07 Å². The average Bonchev–Trinajstić information content (AvgIpc) is 2.60. The number of aliphatic imine (C=N–C) groups is 1. The molecule has 1 aromatic carbocycles. The van der Waals surface area contributed by atoms with Crippen LogP contribution in [0.3, 0.4) is 0 Å². The van der Waals surface area contributed by atoms with Crippen molar-refractivity contribution in [3.8, 4) is 0 Å². The van der Waals surface area contributed by atoms with Crippen LogP contribution < -0.4 is 16.4 Å². The molecule has 1 heterocycles. The first kappa shape index (κ1) is 23.9. The van der Waals surface area contributed by atoms with Crippen LogP contribution in [0.25, 0.3) is 0 Å². The highest BCUT2D eigenvalue weighted by Crippen LogP contribution is 2.16. The molecule has 0 aliphatic carbocycles. The van der Waals surface area contributed by atoms with E-state index in [0.717, 1.165) is 36.2 Å². The summed E-state index contributed by atoms with van der Waals surface area (Å²) >= 11 is 3.27. The van der Waals surface area contributed by atoms with Crippen LogP contribution in [0, 0.1) is 5.82 Å². The van der Waals surface area contributed by atoms with Crippen LogP contribution in [0.15, 0.2) is 27.7 Å². The third-order valence-corrected chi connectivity index (χ3v) is 4.87. The monoisotopic (exact) mass is 555 g/mol. The average molecular weight is 556 g/mol. The number of piperidine rings is 1. The number of nitrogens with zero attached hydrogens (tertiary/aromatic N) is 2. The van der Waals surface area contributed by atoms with E-state index in [4.69, 9.17) is 5.73 Å². The largest absolute Gasteiger partial charge is 0.357 e. The maximum Gasteiger partial charge on any atom is 0.314 e. The van der Waals surface area contributed by atoms with E-state index >= 15 is 0 Å². The molecule has 0 radical (unpaired) electrons. The number of halogens is 3. The minimum Gasteiger partial charge on any atom is -0.357 e. The SMILES string of the molecule is CCNC(=NCCCc1ccc(Br)cc1F)NC1CCN(C(N)=O)CC1.I. The molecular formula is C18H28BrFIN5O. The molecule has 0 atom stereocenters. The highest BCUT2D eigenvalue weighted by atomic mass is 127. The third kappa shape index (κ3) is 8.20. The zero-order valence-electron chi connectivity index (χ0n) is 15.5. The van der Waals surface area contributed by atoms with Crippen LogP contribution in [0.4, 0.5) is 9.18 Å². The van der Waals surface area contributed by atoms with Gasteiger partial charge in [0.25, 0.3) is 0 Å². The number of benzene rings is 1. The molecule has 0 unspecified atom stereocenters. The van der Waals surface area contributed by atoms with Crippen LogP contribution in [-0.4, -0.2) is 49.1 Å². The summed E-state index contributed by atoms with van der Waals surface area (Å²) in [7, 11) is 0. The number of carbonyl (C=O) groups is 1. The summed E-state index contributed by atoms with van der Waals surface area (Å²) in [6, 6.07) is 5.06. The van der Waals surface area contributed by atoms with E-state index in [-0.39, 0.29) is 41.9 Å². The smallest absolute Gasteiger partial charge is 0.314 e.